The highest BCUT2D eigenvalue weighted by Gasteiger charge is 2.26. The predicted molar refractivity (Wildman–Crippen MR) is 66.7 cm³/mol. The van der Waals surface area contributed by atoms with Crippen LogP contribution in [-0.4, -0.2) is 49.8 Å². The molecule has 2 aliphatic heterocycles. The molecule has 2 aliphatic rings. The smallest absolute Gasteiger partial charge is 0.0702 e. The molecule has 0 aromatic heterocycles. The quantitative estimate of drug-likeness (QED) is 0.768. The lowest BCUT2D eigenvalue weighted by molar-refractivity contribution is 0.0689. The third kappa shape index (κ3) is 3.19. The zero-order valence-corrected chi connectivity index (χ0v) is 10.7. The van der Waals surface area contributed by atoms with Gasteiger partial charge in [-0.3, -0.25) is 0 Å². The molecule has 16 heavy (non-hydrogen) atoms. The summed E-state index contributed by atoms with van der Waals surface area (Å²) < 4.78 is 5.72. The van der Waals surface area contributed by atoms with Gasteiger partial charge in [-0.15, -0.1) is 0 Å². The van der Waals surface area contributed by atoms with Gasteiger partial charge in [0, 0.05) is 25.7 Å². The number of nitrogens with one attached hydrogen (secondary N) is 1. The Morgan fingerprint density at radius 2 is 2.19 bits per heavy atom. The summed E-state index contributed by atoms with van der Waals surface area (Å²) in [5.41, 5.74) is 0. The van der Waals surface area contributed by atoms with Crippen molar-refractivity contribution in [3.8, 4) is 0 Å². The maximum Gasteiger partial charge on any atom is 0.0702 e. The lowest BCUT2D eigenvalue weighted by Crippen LogP contribution is -2.38. The Bertz CT molecular complexity index is 204. The average molecular weight is 226 g/mol. The topological polar surface area (TPSA) is 24.5 Å². The summed E-state index contributed by atoms with van der Waals surface area (Å²) in [5, 5.41) is 3.53. The van der Waals surface area contributed by atoms with Gasteiger partial charge in [0.1, 0.15) is 0 Å². The van der Waals surface area contributed by atoms with Crippen molar-refractivity contribution in [2.75, 3.05) is 32.8 Å². The molecule has 2 heterocycles. The molecule has 0 aliphatic carbocycles. The van der Waals surface area contributed by atoms with E-state index < -0.39 is 0 Å². The van der Waals surface area contributed by atoms with Crippen molar-refractivity contribution in [2.24, 2.45) is 5.92 Å². The van der Waals surface area contributed by atoms with Gasteiger partial charge < -0.3 is 15.0 Å². The normalized spacial score (nSPS) is 35.1. The van der Waals surface area contributed by atoms with Crippen LogP contribution in [0.4, 0.5) is 0 Å². The third-order valence-corrected chi connectivity index (χ3v) is 4.11. The zero-order valence-electron chi connectivity index (χ0n) is 10.7. The van der Waals surface area contributed by atoms with E-state index in [1.54, 1.807) is 0 Å². The largest absolute Gasteiger partial charge is 0.377 e. The molecular formula is C13H26N2O. The van der Waals surface area contributed by atoms with Gasteiger partial charge in [0.05, 0.1) is 6.10 Å². The first-order valence-corrected chi connectivity index (χ1v) is 6.87. The summed E-state index contributed by atoms with van der Waals surface area (Å²) in [6, 6.07) is 0.693. The van der Waals surface area contributed by atoms with Crippen molar-refractivity contribution in [2.45, 2.75) is 45.3 Å². The summed E-state index contributed by atoms with van der Waals surface area (Å²) >= 11 is 0. The van der Waals surface area contributed by atoms with Gasteiger partial charge in [-0.1, -0.05) is 6.92 Å². The number of hydrogen-bond acceptors (Lipinski definition) is 3. The highest BCUT2D eigenvalue weighted by atomic mass is 16.5. The highest BCUT2D eigenvalue weighted by molar-refractivity contribution is 4.83. The Morgan fingerprint density at radius 3 is 2.75 bits per heavy atom. The van der Waals surface area contributed by atoms with Crippen LogP contribution in [0.15, 0.2) is 0 Å². The van der Waals surface area contributed by atoms with Gasteiger partial charge >= 0.3 is 0 Å². The number of rotatable bonds is 5. The maximum absolute atomic E-state index is 5.72. The van der Waals surface area contributed by atoms with Crippen molar-refractivity contribution in [3.05, 3.63) is 0 Å². The van der Waals surface area contributed by atoms with E-state index >= 15 is 0 Å². The second kappa shape index (κ2) is 5.99. The first-order valence-electron chi connectivity index (χ1n) is 6.87. The molecule has 0 aromatic carbocycles. The van der Waals surface area contributed by atoms with Crippen LogP contribution >= 0.6 is 0 Å². The zero-order chi connectivity index (χ0) is 11.4. The van der Waals surface area contributed by atoms with Crippen molar-refractivity contribution in [1.82, 2.24) is 10.2 Å². The lowest BCUT2D eigenvalue weighted by atomic mass is 10.0. The summed E-state index contributed by atoms with van der Waals surface area (Å²) in [6.45, 7) is 10.3. The van der Waals surface area contributed by atoms with Crippen LogP contribution in [0.5, 0.6) is 0 Å². The van der Waals surface area contributed by atoms with E-state index in [4.69, 9.17) is 4.74 Å². The Labute approximate surface area is 99.5 Å². The number of nitrogens with zero attached hydrogens (tertiary/aromatic N) is 1. The SMILES string of the molecule is CCN(CC1CCCO1)CC1CCNC1C. The minimum Gasteiger partial charge on any atom is -0.377 e. The van der Waals surface area contributed by atoms with Gasteiger partial charge in [0.2, 0.25) is 0 Å². The van der Waals surface area contributed by atoms with Crippen LogP contribution in [0.1, 0.15) is 33.1 Å². The van der Waals surface area contributed by atoms with Crippen LogP contribution in [0.2, 0.25) is 0 Å². The fraction of sp³-hybridized carbons (Fsp3) is 1.00. The summed E-state index contributed by atoms with van der Waals surface area (Å²) in [6.07, 6.45) is 4.35. The molecule has 0 amide bonds. The van der Waals surface area contributed by atoms with E-state index in [0.29, 0.717) is 12.1 Å². The molecule has 3 nitrogen and oxygen atoms in total. The molecule has 3 heteroatoms. The molecule has 0 aromatic rings. The summed E-state index contributed by atoms with van der Waals surface area (Å²) in [7, 11) is 0. The minimum absolute atomic E-state index is 0.504. The lowest BCUT2D eigenvalue weighted by Gasteiger charge is -2.28. The molecule has 0 saturated carbocycles. The molecule has 0 bridgehead atoms. The Hall–Kier alpha value is -0.120. The monoisotopic (exact) mass is 226 g/mol. The van der Waals surface area contributed by atoms with Gasteiger partial charge in [0.15, 0.2) is 0 Å². The van der Waals surface area contributed by atoms with Crippen molar-refractivity contribution in [1.29, 1.82) is 0 Å². The maximum atomic E-state index is 5.72. The highest BCUT2D eigenvalue weighted by Crippen LogP contribution is 2.19. The first kappa shape index (κ1) is 12.3. The van der Waals surface area contributed by atoms with Crippen molar-refractivity contribution < 1.29 is 4.74 Å². The van der Waals surface area contributed by atoms with Crippen LogP contribution in [0.3, 0.4) is 0 Å². The van der Waals surface area contributed by atoms with E-state index in [2.05, 4.69) is 24.1 Å². The van der Waals surface area contributed by atoms with Gasteiger partial charge in [-0.25, -0.2) is 0 Å². The molecule has 3 atom stereocenters. The Balaban J connectivity index is 1.75. The summed E-state index contributed by atoms with van der Waals surface area (Å²) in [4.78, 5) is 2.57. The molecule has 0 radical (unpaired) electrons. The minimum atomic E-state index is 0.504. The van der Waals surface area contributed by atoms with E-state index in [-0.39, 0.29) is 0 Å². The average Bonchev–Trinajstić information content (AvgIpc) is 2.90. The van der Waals surface area contributed by atoms with Crippen LogP contribution in [-0.2, 0) is 4.74 Å². The Kier molecular flexibility index (Phi) is 4.62. The molecule has 0 spiro atoms. The second-order valence-corrected chi connectivity index (χ2v) is 5.28. The molecule has 2 saturated heterocycles. The first-order chi connectivity index (χ1) is 7.79. The van der Waals surface area contributed by atoms with Crippen LogP contribution in [0, 0.1) is 5.92 Å². The predicted octanol–water partition coefficient (Wildman–Crippen LogP) is 1.49. The molecular weight excluding hydrogens is 200 g/mol. The molecule has 2 rings (SSSR count). The van der Waals surface area contributed by atoms with Gasteiger partial charge in [-0.05, 0) is 45.2 Å². The van der Waals surface area contributed by atoms with Crippen molar-refractivity contribution in [3.63, 3.8) is 0 Å². The second-order valence-electron chi connectivity index (χ2n) is 5.28. The number of likely N-dealkylation sites (N-methyl/N-ethyl adjacent to an activating group) is 1. The Morgan fingerprint density at radius 1 is 1.31 bits per heavy atom. The number of hydrogen-bond donors (Lipinski definition) is 1. The van der Waals surface area contributed by atoms with E-state index in [1.165, 1.54) is 32.4 Å². The fourth-order valence-electron chi connectivity index (χ4n) is 2.90. The molecule has 94 valence electrons. The molecule has 1 N–H and O–H groups in total. The fourth-order valence-corrected chi connectivity index (χ4v) is 2.90. The number of ether oxygens (including phenoxy) is 1. The standard InChI is InChI=1S/C13H26N2O/c1-3-15(10-13-5-4-8-16-13)9-12-6-7-14-11(12)2/h11-14H,3-10H2,1-2H3. The van der Waals surface area contributed by atoms with Crippen LogP contribution in [0.25, 0.3) is 0 Å². The summed E-state index contributed by atoms with van der Waals surface area (Å²) in [5.74, 6) is 0.835. The molecule has 3 unspecified atom stereocenters. The van der Waals surface area contributed by atoms with E-state index in [1.807, 2.05) is 0 Å². The van der Waals surface area contributed by atoms with Gasteiger partial charge in [0.25, 0.3) is 0 Å². The van der Waals surface area contributed by atoms with Crippen molar-refractivity contribution >= 4 is 0 Å². The third-order valence-electron chi connectivity index (χ3n) is 4.11. The van der Waals surface area contributed by atoms with E-state index in [0.717, 1.165) is 25.6 Å². The van der Waals surface area contributed by atoms with Crippen LogP contribution < -0.4 is 5.32 Å². The van der Waals surface area contributed by atoms with E-state index in [9.17, 15) is 0 Å². The van der Waals surface area contributed by atoms with Gasteiger partial charge in [-0.2, -0.15) is 0 Å². The molecule has 2 fully saturated rings.